The molecule has 26 heavy (non-hydrogen) atoms. The molecule has 144 valence electrons. The fourth-order valence-corrected chi connectivity index (χ4v) is 3.71. The molecule has 1 aromatic carbocycles. The Balaban J connectivity index is 1.77. The van der Waals surface area contributed by atoms with Gasteiger partial charge in [0, 0.05) is 6.42 Å². The molecule has 0 aromatic heterocycles. The lowest BCUT2D eigenvalue weighted by molar-refractivity contribution is -0.134. The Morgan fingerprint density at radius 1 is 1.00 bits per heavy atom. The highest BCUT2D eigenvalue weighted by Crippen LogP contribution is 2.33. The van der Waals surface area contributed by atoms with Crippen LogP contribution in [-0.2, 0) is 4.79 Å². The number of rotatable bonds is 11. The van der Waals surface area contributed by atoms with E-state index in [1.807, 2.05) is 12.1 Å². The maximum atomic E-state index is 11.9. The summed E-state index contributed by atoms with van der Waals surface area (Å²) in [7, 11) is 0. The molecule has 1 aliphatic rings. The molecule has 0 aliphatic heterocycles. The van der Waals surface area contributed by atoms with Gasteiger partial charge in [-0.25, -0.2) is 0 Å². The van der Waals surface area contributed by atoms with Crippen LogP contribution in [0.4, 0.5) is 0 Å². The molecule has 0 amide bonds. The minimum atomic E-state index is -0.111. The van der Waals surface area contributed by atoms with E-state index in [1.54, 1.807) is 0 Å². The van der Waals surface area contributed by atoms with Crippen molar-refractivity contribution >= 4 is 11.5 Å². The summed E-state index contributed by atoms with van der Waals surface area (Å²) in [4.78, 5) is 11.9. The quantitative estimate of drug-likeness (QED) is 0.236. The molecule has 0 bridgehead atoms. The molecule has 0 saturated heterocycles. The van der Waals surface area contributed by atoms with E-state index in [0.29, 0.717) is 12.2 Å². The van der Waals surface area contributed by atoms with E-state index in [4.69, 9.17) is 4.74 Å². The van der Waals surface area contributed by atoms with Gasteiger partial charge in [0.05, 0.1) is 0 Å². The topological polar surface area (TPSA) is 26.3 Å². The summed E-state index contributed by atoms with van der Waals surface area (Å²) in [5.41, 5.74) is 2.73. The van der Waals surface area contributed by atoms with Crippen LogP contribution in [0, 0.1) is 5.92 Å². The largest absolute Gasteiger partial charge is 0.427 e. The Labute approximate surface area is 160 Å². The molecular formula is C24H36O2. The van der Waals surface area contributed by atoms with Gasteiger partial charge in [0.2, 0.25) is 0 Å². The van der Waals surface area contributed by atoms with Crippen LogP contribution in [0.1, 0.15) is 96.5 Å². The van der Waals surface area contributed by atoms with Crippen molar-refractivity contribution in [1.82, 2.24) is 0 Å². The average Bonchev–Trinajstić information content (AvgIpc) is 2.67. The fourth-order valence-electron chi connectivity index (χ4n) is 3.71. The van der Waals surface area contributed by atoms with Crippen molar-refractivity contribution in [1.29, 1.82) is 0 Å². The number of unbranched alkanes of at least 4 members (excludes halogenated alkanes) is 5. The molecule has 2 heteroatoms. The van der Waals surface area contributed by atoms with Crippen molar-refractivity contribution in [2.24, 2.45) is 5.92 Å². The zero-order valence-electron chi connectivity index (χ0n) is 16.8. The molecule has 0 radical (unpaired) electrons. The monoisotopic (exact) mass is 356 g/mol. The molecular weight excluding hydrogens is 320 g/mol. The predicted molar refractivity (Wildman–Crippen MR) is 110 cm³/mol. The minimum absolute atomic E-state index is 0.111. The van der Waals surface area contributed by atoms with Gasteiger partial charge in [0.1, 0.15) is 5.75 Å². The van der Waals surface area contributed by atoms with Gasteiger partial charge >= 0.3 is 5.97 Å². The molecule has 1 atom stereocenters. The van der Waals surface area contributed by atoms with Crippen molar-refractivity contribution in [3.63, 3.8) is 0 Å². The molecule has 1 unspecified atom stereocenters. The second kappa shape index (κ2) is 11.9. The summed E-state index contributed by atoms with van der Waals surface area (Å²) in [6.45, 7) is 4.44. The number of ether oxygens (including phenoxy) is 1. The van der Waals surface area contributed by atoms with Crippen LogP contribution in [0.5, 0.6) is 5.75 Å². The van der Waals surface area contributed by atoms with E-state index in [1.165, 1.54) is 68.9 Å². The smallest absolute Gasteiger partial charge is 0.311 e. The average molecular weight is 357 g/mol. The third kappa shape index (κ3) is 7.35. The highest BCUT2D eigenvalue weighted by Gasteiger charge is 2.15. The van der Waals surface area contributed by atoms with Crippen LogP contribution in [0.3, 0.4) is 0 Å². The van der Waals surface area contributed by atoms with Crippen LogP contribution in [0.25, 0.3) is 5.57 Å². The maximum absolute atomic E-state index is 11.9. The fraction of sp³-hybridized carbons (Fsp3) is 0.625. The first-order valence-corrected chi connectivity index (χ1v) is 10.7. The van der Waals surface area contributed by atoms with Crippen molar-refractivity contribution in [3.05, 3.63) is 35.9 Å². The van der Waals surface area contributed by atoms with Crippen molar-refractivity contribution in [3.8, 4) is 5.75 Å². The van der Waals surface area contributed by atoms with Gasteiger partial charge in [-0.3, -0.25) is 4.79 Å². The summed E-state index contributed by atoms with van der Waals surface area (Å²) in [5.74, 6) is 1.43. The molecule has 1 aliphatic carbocycles. The first kappa shape index (κ1) is 20.7. The number of carbonyl (C=O) groups excluding carboxylic acids is 1. The van der Waals surface area contributed by atoms with E-state index in [2.05, 4.69) is 32.1 Å². The van der Waals surface area contributed by atoms with E-state index in [9.17, 15) is 4.79 Å². The minimum Gasteiger partial charge on any atom is -0.427 e. The Morgan fingerprint density at radius 3 is 2.38 bits per heavy atom. The Kier molecular flexibility index (Phi) is 9.52. The number of hydrogen-bond donors (Lipinski definition) is 0. The van der Waals surface area contributed by atoms with E-state index >= 15 is 0 Å². The van der Waals surface area contributed by atoms with Crippen LogP contribution in [-0.4, -0.2) is 5.97 Å². The highest BCUT2D eigenvalue weighted by molar-refractivity contribution is 5.73. The lowest BCUT2D eigenvalue weighted by Crippen LogP contribution is -2.08. The highest BCUT2D eigenvalue weighted by atomic mass is 16.5. The van der Waals surface area contributed by atoms with Gasteiger partial charge < -0.3 is 4.74 Å². The standard InChI is InChI=1S/C24H36O2/c1-3-5-7-9-11-24(25)26-23-18-16-22(17-19-23)21-14-12-20(13-15-21)10-8-6-4-2/h14,16-20H,3-13,15H2,1-2H3. The van der Waals surface area contributed by atoms with Crippen LogP contribution in [0.15, 0.2) is 30.3 Å². The first-order valence-electron chi connectivity index (χ1n) is 10.7. The van der Waals surface area contributed by atoms with Crippen LogP contribution in [0.2, 0.25) is 0 Å². The molecule has 0 fully saturated rings. The second-order valence-electron chi connectivity index (χ2n) is 7.67. The first-order chi connectivity index (χ1) is 12.7. The van der Waals surface area contributed by atoms with Gasteiger partial charge in [-0.2, -0.15) is 0 Å². The third-order valence-electron chi connectivity index (χ3n) is 5.43. The van der Waals surface area contributed by atoms with Gasteiger partial charge in [-0.15, -0.1) is 0 Å². The number of hydrogen-bond acceptors (Lipinski definition) is 2. The van der Waals surface area contributed by atoms with Gasteiger partial charge in [0.25, 0.3) is 0 Å². The lowest BCUT2D eigenvalue weighted by atomic mass is 9.84. The third-order valence-corrected chi connectivity index (χ3v) is 5.43. The number of esters is 1. The summed E-state index contributed by atoms with van der Waals surface area (Å²) in [6, 6.07) is 8.08. The normalized spacial score (nSPS) is 17.0. The zero-order valence-corrected chi connectivity index (χ0v) is 16.8. The lowest BCUT2D eigenvalue weighted by Gasteiger charge is -2.22. The summed E-state index contributed by atoms with van der Waals surface area (Å²) < 4.78 is 5.45. The van der Waals surface area contributed by atoms with Gasteiger partial charge in [-0.1, -0.05) is 77.0 Å². The molecule has 2 rings (SSSR count). The number of carbonyl (C=O) groups is 1. The maximum Gasteiger partial charge on any atom is 0.311 e. The molecule has 0 saturated carbocycles. The Morgan fingerprint density at radius 2 is 1.73 bits per heavy atom. The van der Waals surface area contributed by atoms with Gasteiger partial charge in [-0.05, 0) is 54.9 Å². The Bertz CT molecular complexity index is 556. The molecule has 0 N–H and O–H groups in total. The SMILES string of the molecule is CCCCCCC(=O)Oc1ccc(C2=CCC(CCCCC)CC2)cc1. The van der Waals surface area contributed by atoms with Crippen molar-refractivity contribution < 1.29 is 9.53 Å². The molecule has 2 nitrogen and oxygen atoms in total. The Hall–Kier alpha value is -1.57. The van der Waals surface area contributed by atoms with Crippen LogP contribution < -0.4 is 4.74 Å². The van der Waals surface area contributed by atoms with E-state index in [0.717, 1.165) is 18.8 Å². The second-order valence-corrected chi connectivity index (χ2v) is 7.67. The predicted octanol–water partition coefficient (Wildman–Crippen LogP) is 7.33. The van der Waals surface area contributed by atoms with E-state index < -0.39 is 0 Å². The van der Waals surface area contributed by atoms with E-state index in [-0.39, 0.29) is 5.97 Å². The molecule has 1 aromatic rings. The molecule has 0 heterocycles. The summed E-state index contributed by atoms with van der Waals surface area (Å²) in [5, 5.41) is 0. The molecule has 0 spiro atoms. The number of benzene rings is 1. The summed E-state index contributed by atoms with van der Waals surface area (Å²) in [6.07, 6.45) is 16.5. The van der Waals surface area contributed by atoms with Gasteiger partial charge in [0.15, 0.2) is 0 Å². The summed E-state index contributed by atoms with van der Waals surface area (Å²) >= 11 is 0. The number of allylic oxidation sites excluding steroid dienone is 2. The van der Waals surface area contributed by atoms with Crippen LogP contribution >= 0.6 is 0 Å². The van der Waals surface area contributed by atoms with Crippen molar-refractivity contribution in [2.75, 3.05) is 0 Å². The zero-order chi connectivity index (χ0) is 18.6. The van der Waals surface area contributed by atoms with Crippen molar-refractivity contribution in [2.45, 2.75) is 90.9 Å².